The first kappa shape index (κ1) is 15.7. The van der Waals surface area contributed by atoms with E-state index in [0.29, 0.717) is 6.42 Å². The van der Waals surface area contributed by atoms with Gasteiger partial charge < -0.3 is 0 Å². The molecule has 0 radical (unpaired) electrons. The van der Waals surface area contributed by atoms with E-state index in [0.717, 1.165) is 11.1 Å². The van der Waals surface area contributed by atoms with Crippen molar-refractivity contribution in [3.05, 3.63) is 83.9 Å². The first-order valence-electron chi connectivity index (χ1n) is 7.42. The molecule has 22 heavy (non-hydrogen) atoms. The topological polar surface area (TPSA) is 40.9 Å². The molecule has 2 rings (SSSR count). The van der Waals surface area contributed by atoms with Crippen LogP contribution in [0, 0.1) is 17.2 Å². The lowest BCUT2D eigenvalue weighted by Gasteiger charge is -2.21. The lowest BCUT2D eigenvalue weighted by molar-refractivity contribution is 0.0968. The Hall–Kier alpha value is -2.66. The number of carbonyl (C=O) groups excluding carboxylic acids is 1. The van der Waals surface area contributed by atoms with Crippen molar-refractivity contribution >= 4 is 5.78 Å². The van der Waals surface area contributed by atoms with Gasteiger partial charge in [0.25, 0.3) is 0 Å². The molecule has 2 aromatic rings. The van der Waals surface area contributed by atoms with Gasteiger partial charge in [-0.05, 0) is 17.4 Å². The number of nitrogens with zero attached hydrogens (tertiary/aromatic N) is 1. The summed E-state index contributed by atoms with van der Waals surface area (Å²) in [5.74, 6) is 0.319. The van der Waals surface area contributed by atoms with Crippen LogP contribution < -0.4 is 0 Å². The molecule has 0 fully saturated rings. The maximum Gasteiger partial charge on any atom is 0.163 e. The molecule has 0 spiro atoms. The molecule has 0 bridgehead atoms. The fourth-order valence-corrected chi connectivity index (χ4v) is 2.58. The third kappa shape index (κ3) is 4.17. The lowest BCUT2D eigenvalue weighted by atomic mass is 9.82. The summed E-state index contributed by atoms with van der Waals surface area (Å²) in [6.07, 6.45) is 3.80. The van der Waals surface area contributed by atoms with Crippen LogP contribution in [0.15, 0.2) is 72.8 Å². The third-order valence-corrected chi connectivity index (χ3v) is 3.84. The molecule has 2 heteroatoms. The standard InChI is InChI=1S/C20H19NO/c1-16(9-8-14-21)19(17-10-4-2-5-11-17)15-20(22)18-12-6-3-7-13-18/h2-13,16,19H,15H2,1H3/b9-8-/t16-,19+/m0/s1. The Morgan fingerprint density at radius 2 is 1.68 bits per heavy atom. The van der Waals surface area contributed by atoms with E-state index < -0.39 is 0 Å². The predicted molar refractivity (Wildman–Crippen MR) is 88.5 cm³/mol. The number of Topliss-reactive ketones (excluding diaryl/α,β-unsaturated/α-hetero) is 1. The van der Waals surface area contributed by atoms with Crippen molar-refractivity contribution in [2.45, 2.75) is 19.3 Å². The Bertz CT molecular complexity index is 668. The molecule has 110 valence electrons. The van der Waals surface area contributed by atoms with Crippen molar-refractivity contribution in [1.29, 1.82) is 5.26 Å². The van der Waals surface area contributed by atoms with Gasteiger partial charge in [-0.25, -0.2) is 0 Å². The summed E-state index contributed by atoms with van der Waals surface area (Å²) in [4.78, 5) is 12.5. The highest BCUT2D eigenvalue weighted by Gasteiger charge is 2.21. The van der Waals surface area contributed by atoms with Crippen LogP contribution in [0.5, 0.6) is 0 Å². The predicted octanol–water partition coefficient (Wildman–Crippen LogP) is 4.76. The van der Waals surface area contributed by atoms with E-state index in [1.54, 1.807) is 0 Å². The minimum absolute atomic E-state index is 0.0681. The highest BCUT2D eigenvalue weighted by Crippen LogP contribution is 2.30. The number of hydrogen-bond acceptors (Lipinski definition) is 2. The Balaban J connectivity index is 2.24. The molecule has 0 unspecified atom stereocenters. The Kier molecular flexibility index (Phi) is 5.68. The number of benzene rings is 2. The summed E-state index contributed by atoms with van der Waals surface area (Å²) in [5.41, 5.74) is 1.86. The Morgan fingerprint density at radius 3 is 2.27 bits per heavy atom. The van der Waals surface area contributed by atoms with Crippen LogP contribution in [0.1, 0.15) is 35.2 Å². The van der Waals surface area contributed by atoms with E-state index in [9.17, 15) is 4.79 Å². The second-order valence-corrected chi connectivity index (χ2v) is 5.36. The molecule has 0 aliphatic heterocycles. The van der Waals surface area contributed by atoms with Crippen molar-refractivity contribution in [2.75, 3.05) is 0 Å². The van der Waals surface area contributed by atoms with Crippen molar-refractivity contribution in [3.63, 3.8) is 0 Å². The first-order valence-corrected chi connectivity index (χ1v) is 7.42. The summed E-state index contributed by atoms with van der Waals surface area (Å²) in [6, 6.07) is 21.4. The molecule has 2 nitrogen and oxygen atoms in total. The van der Waals surface area contributed by atoms with Crippen molar-refractivity contribution in [2.24, 2.45) is 5.92 Å². The Morgan fingerprint density at radius 1 is 1.09 bits per heavy atom. The van der Waals surface area contributed by atoms with E-state index in [2.05, 4.69) is 0 Å². The summed E-state index contributed by atoms with van der Waals surface area (Å²) < 4.78 is 0. The monoisotopic (exact) mass is 289 g/mol. The summed E-state index contributed by atoms with van der Waals surface area (Å²) in [6.45, 7) is 2.05. The second kappa shape index (κ2) is 7.95. The minimum atomic E-state index is 0.0681. The number of ketones is 1. The van der Waals surface area contributed by atoms with Crippen LogP contribution in [-0.2, 0) is 0 Å². The van der Waals surface area contributed by atoms with Gasteiger partial charge in [-0.2, -0.15) is 5.26 Å². The molecular formula is C20H19NO. The lowest BCUT2D eigenvalue weighted by Crippen LogP contribution is -2.13. The average Bonchev–Trinajstić information content (AvgIpc) is 2.59. The molecule has 2 atom stereocenters. The molecule has 0 aliphatic carbocycles. The van der Waals surface area contributed by atoms with Crippen LogP contribution in [0.3, 0.4) is 0 Å². The van der Waals surface area contributed by atoms with Gasteiger partial charge in [-0.15, -0.1) is 0 Å². The SMILES string of the molecule is C[C@@H](/C=C\C#N)[C@@H](CC(=O)c1ccccc1)c1ccccc1. The van der Waals surface area contributed by atoms with E-state index >= 15 is 0 Å². The summed E-state index contributed by atoms with van der Waals surface area (Å²) in [5, 5.41) is 8.72. The van der Waals surface area contributed by atoms with Gasteiger partial charge in [0.1, 0.15) is 0 Å². The van der Waals surface area contributed by atoms with Crippen molar-refractivity contribution < 1.29 is 4.79 Å². The van der Waals surface area contributed by atoms with Crippen LogP contribution in [0.2, 0.25) is 0 Å². The van der Waals surface area contributed by atoms with E-state index in [1.165, 1.54) is 6.08 Å². The third-order valence-electron chi connectivity index (χ3n) is 3.84. The fraction of sp³-hybridized carbons (Fsp3) is 0.200. The van der Waals surface area contributed by atoms with Gasteiger partial charge in [0.2, 0.25) is 0 Å². The molecule has 0 heterocycles. The smallest absolute Gasteiger partial charge is 0.163 e. The quantitative estimate of drug-likeness (QED) is 0.568. The van der Waals surface area contributed by atoms with Gasteiger partial charge >= 0.3 is 0 Å². The number of allylic oxidation sites excluding steroid dienone is 2. The maximum absolute atomic E-state index is 12.5. The molecule has 0 amide bonds. The fourth-order valence-electron chi connectivity index (χ4n) is 2.58. The summed E-state index contributed by atoms with van der Waals surface area (Å²) >= 11 is 0. The second-order valence-electron chi connectivity index (χ2n) is 5.36. The minimum Gasteiger partial charge on any atom is -0.294 e. The molecule has 2 aromatic carbocycles. The zero-order chi connectivity index (χ0) is 15.8. The highest BCUT2D eigenvalue weighted by molar-refractivity contribution is 5.96. The largest absolute Gasteiger partial charge is 0.294 e. The molecular weight excluding hydrogens is 270 g/mol. The van der Waals surface area contributed by atoms with Crippen LogP contribution >= 0.6 is 0 Å². The van der Waals surface area contributed by atoms with Crippen LogP contribution in [0.25, 0.3) is 0 Å². The normalized spacial score (nSPS) is 13.5. The molecule has 0 N–H and O–H groups in total. The van der Waals surface area contributed by atoms with Gasteiger partial charge in [-0.1, -0.05) is 73.7 Å². The zero-order valence-corrected chi connectivity index (χ0v) is 12.6. The van der Waals surface area contributed by atoms with E-state index in [-0.39, 0.29) is 17.6 Å². The number of hydrogen-bond donors (Lipinski definition) is 0. The Labute approximate surface area is 131 Å². The number of carbonyl (C=O) groups is 1. The zero-order valence-electron chi connectivity index (χ0n) is 12.6. The molecule has 0 aromatic heterocycles. The molecule has 0 saturated heterocycles. The van der Waals surface area contributed by atoms with Crippen LogP contribution in [0.4, 0.5) is 0 Å². The van der Waals surface area contributed by atoms with Crippen LogP contribution in [-0.4, -0.2) is 5.78 Å². The summed E-state index contributed by atoms with van der Waals surface area (Å²) in [7, 11) is 0. The molecule has 0 saturated carbocycles. The van der Waals surface area contributed by atoms with Gasteiger partial charge in [0, 0.05) is 18.1 Å². The first-order chi connectivity index (χ1) is 10.7. The van der Waals surface area contributed by atoms with Gasteiger partial charge in [-0.3, -0.25) is 4.79 Å². The van der Waals surface area contributed by atoms with E-state index in [1.807, 2.05) is 79.7 Å². The van der Waals surface area contributed by atoms with Gasteiger partial charge in [0.05, 0.1) is 6.07 Å². The maximum atomic E-state index is 12.5. The molecule has 0 aliphatic rings. The highest BCUT2D eigenvalue weighted by atomic mass is 16.1. The number of rotatable bonds is 6. The van der Waals surface area contributed by atoms with Crippen molar-refractivity contribution in [1.82, 2.24) is 0 Å². The average molecular weight is 289 g/mol. The van der Waals surface area contributed by atoms with Gasteiger partial charge in [0.15, 0.2) is 5.78 Å². The number of nitriles is 1. The van der Waals surface area contributed by atoms with Crippen molar-refractivity contribution in [3.8, 4) is 6.07 Å². The van der Waals surface area contributed by atoms with E-state index in [4.69, 9.17) is 5.26 Å².